The molecule has 0 unspecified atom stereocenters. The van der Waals surface area contributed by atoms with E-state index in [1.54, 1.807) is 0 Å². The Labute approximate surface area is 161 Å². The van der Waals surface area contributed by atoms with Crippen molar-refractivity contribution in [3.63, 3.8) is 0 Å². The standard InChI is InChI=1S/C23H29NO3/c1-24(13-16-2-3-16)9-8-19-10-18(14-25)5-7-21(19)22(24)11-17-4-6-20(15-26)23(27)12-17/h4-7,10,12,16,22,25-26H,2-3,8-9,11,13-15H2,1H3/p+1/t22-,24+/m1/s1. The molecule has 0 saturated heterocycles. The molecule has 0 aromatic heterocycles. The lowest BCUT2D eigenvalue weighted by Gasteiger charge is -2.46. The average Bonchev–Trinajstić information content (AvgIpc) is 3.47. The maximum Gasteiger partial charge on any atom is 0.121 e. The molecule has 1 aliphatic carbocycles. The number of aromatic hydroxyl groups is 1. The van der Waals surface area contributed by atoms with Crippen LogP contribution >= 0.6 is 0 Å². The second-order valence-corrected chi connectivity index (χ2v) is 8.61. The zero-order valence-corrected chi connectivity index (χ0v) is 16.1. The van der Waals surface area contributed by atoms with E-state index in [0.717, 1.165) is 40.9 Å². The molecule has 0 spiro atoms. The minimum absolute atomic E-state index is 0.0860. The Morgan fingerprint density at radius 2 is 1.78 bits per heavy atom. The summed E-state index contributed by atoms with van der Waals surface area (Å²) in [5, 5.41) is 29.0. The van der Waals surface area contributed by atoms with Crippen LogP contribution in [0.2, 0.25) is 0 Å². The highest BCUT2D eigenvalue weighted by Crippen LogP contribution is 2.42. The zero-order chi connectivity index (χ0) is 19.0. The normalized spacial score (nSPS) is 24.6. The second kappa shape index (κ2) is 7.27. The summed E-state index contributed by atoms with van der Waals surface area (Å²) in [5.41, 5.74) is 5.40. The molecule has 4 heteroatoms. The molecule has 2 aromatic rings. The van der Waals surface area contributed by atoms with Gasteiger partial charge in [-0.25, -0.2) is 0 Å². The Kier molecular flexibility index (Phi) is 4.97. The lowest BCUT2D eigenvalue weighted by Crippen LogP contribution is -2.53. The highest BCUT2D eigenvalue weighted by atomic mass is 16.3. The number of hydrogen-bond donors (Lipinski definition) is 3. The third-order valence-corrected chi connectivity index (χ3v) is 6.51. The molecule has 1 saturated carbocycles. The first-order valence-corrected chi connectivity index (χ1v) is 10.0. The summed E-state index contributed by atoms with van der Waals surface area (Å²) in [6, 6.07) is 12.4. The van der Waals surface area contributed by atoms with E-state index < -0.39 is 0 Å². The van der Waals surface area contributed by atoms with Crippen molar-refractivity contribution in [1.82, 2.24) is 0 Å². The number of fused-ring (bicyclic) bond motifs is 1. The predicted molar refractivity (Wildman–Crippen MR) is 105 cm³/mol. The fourth-order valence-electron chi connectivity index (χ4n) is 4.70. The van der Waals surface area contributed by atoms with Crippen molar-refractivity contribution in [3.05, 3.63) is 64.2 Å². The summed E-state index contributed by atoms with van der Waals surface area (Å²) >= 11 is 0. The Balaban J connectivity index is 1.69. The molecule has 2 aromatic carbocycles. The number of benzene rings is 2. The molecule has 1 aliphatic heterocycles. The second-order valence-electron chi connectivity index (χ2n) is 8.61. The SMILES string of the molecule is C[N@@+]1(CC2CC2)CCc2cc(CO)ccc2[C@H]1Cc1ccc(CO)c(O)c1. The van der Waals surface area contributed by atoms with Crippen LogP contribution in [0.5, 0.6) is 5.75 Å². The van der Waals surface area contributed by atoms with Gasteiger partial charge < -0.3 is 19.8 Å². The monoisotopic (exact) mass is 368 g/mol. The van der Waals surface area contributed by atoms with Gasteiger partial charge in [0.2, 0.25) is 0 Å². The molecule has 2 aliphatic rings. The van der Waals surface area contributed by atoms with Crippen LogP contribution in [0.4, 0.5) is 0 Å². The van der Waals surface area contributed by atoms with Gasteiger partial charge >= 0.3 is 0 Å². The van der Waals surface area contributed by atoms with Gasteiger partial charge in [0.15, 0.2) is 0 Å². The summed E-state index contributed by atoms with van der Waals surface area (Å²) in [6.07, 6.45) is 4.62. The van der Waals surface area contributed by atoms with Crippen molar-refractivity contribution in [2.45, 2.75) is 44.9 Å². The number of aliphatic hydroxyl groups is 2. The van der Waals surface area contributed by atoms with Gasteiger partial charge in [-0.3, -0.25) is 0 Å². The van der Waals surface area contributed by atoms with Gasteiger partial charge in [0, 0.05) is 29.9 Å². The molecular formula is C23H30NO3+. The van der Waals surface area contributed by atoms with Crippen LogP contribution in [0.1, 0.15) is 46.7 Å². The highest BCUT2D eigenvalue weighted by Gasteiger charge is 2.42. The lowest BCUT2D eigenvalue weighted by atomic mass is 9.85. The molecular weight excluding hydrogens is 338 g/mol. The molecule has 2 atom stereocenters. The summed E-state index contributed by atoms with van der Waals surface area (Å²) in [5.74, 6) is 1.03. The van der Waals surface area contributed by atoms with Crippen LogP contribution in [-0.4, -0.2) is 39.9 Å². The molecule has 1 heterocycles. The van der Waals surface area contributed by atoms with Crippen LogP contribution in [0, 0.1) is 5.92 Å². The van der Waals surface area contributed by atoms with Gasteiger partial charge in [-0.1, -0.05) is 30.3 Å². The molecule has 0 radical (unpaired) electrons. The summed E-state index contributed by atoms with van der Waals surface area (Å²) in [7, 11) is 2.38. The van der Waals surface area contributed by atoms with Crippen LogP contribution in [0.25, 0.3) is 0 Å². The summed E-state index contributed by atoms with van der Waals surface area (Å²) < 4.78 is 1.04. The minimum Gasteiger partial charge on any atom is -0.508 e. The third-order valence-electron chi connectivity index (χ3n) is 6.51. The highest BCUT2D eigenvalue weighted by molar-refractivity contribution is 5.39. The Bertz CT molecular complexity index is 830. The Morgan fingerprint density at radius 3 is 2.44 bits per heavy atom. The number of rotatable bonds is 6. The third kappa shape index (κ3) is 3.75. The van der Waals surface area contributed by atoms with Gasteiger partial charge in [-0.15, -0.1) is 0 Å². The number of phenols is 1. The van der Waals surface area contributed by atoms with Crippen molar-refractivity contribution in [3.8, 4) is 5.75 Å². The van der Waals surface area contributed by atoms with Crippen LogP contribution in [0.3, 0.4) is 0 Å². The summed E-state index contributed by atoms with van der Waals surface area (Å²) in [6.45, 7) is 2.27. The number of quaternary nitrogens is 1. The Morgan fingerprint density at radius 1 is 1.00 bits per heavy atom. The maximum absolute atomic E-state index is 10.2. The number of hydrogen-bond acceptors (Lipinski definition) is 3. The van der Waals surface area contributed by atoms with E-state index in [4.69, 9.17) is 0 Å². The average molecular weight is 368 g/mol. The lowest BCUT2D eigenvalue weighted by molar-refractivity contribution is -0.943. The smallest absolute Gasteiger partial charge is 0.121 e. The minimum atomic E-state index is -0.141. The van der Waals surface area contributed by atoms with Crippen LogP contribution in [0.15, 0.2) is 36.4 Å². The van der Waals surface area contributed by atoms with Crippen molar-refractivity contribution >= 4 is 0 Å². The van der Waals surface area contributed by atoms with E-state index in [2.05, 4.69) is 19.2 Å². The number of aliphatic hydroxyl groups excluding tert-OH is 2. The molecule has 3 N–H and O–H groups in total. The van der Waals surface area contributed by atoms with E-state index in [9.17, 15) is 15.3 Å². The molecule has 0 amide bonds. The quantitative estimate of drug-likeness (QED) is 0.687. The molecule has 27 heavy (non-hydrogen) atoms. The number of nitrogens with zero attached hydrogens (tertiary/aromatic N) is 1. The van der Waals surface area contributed by atoms with E-state index in [1.165, 1.54) is 30.5 Å². The zero-order valence-electron chi connectivity index (χ0n) is 16.1. The van der Waals surface area contributed by atoms with Crippen LogP contribution in [-0.2, 0) is 26.1 Å². The van der Waals surface area contributed by atoms with Gasteiger partial charge in [-0.05, 0) is 35.6 Å². The maximum atomic E-state index is 10.2. The number of likely N-dealkylation sites (N-methyl/N-ethyl adjacent to an activating group) is 1. The fourth-order valence-corrected chi connectivity index (χ4v) is 4.70. The molecule has 1 fully saturated rings. The van der Waals surface area contributed by atoms with Crippen molar-refractivity contribution in [2.24, 2.45) is 5.92 Å². The van der Waals surface area contributed by atoms with E-state index >= 15 is 0 Å². The Hall–Kier alpha value is -1.88. The first-order chi connectivity index (χ1) is 13.0. The first-order valence-electron chi connectivity index (χ1n) is 10.0. The van der Waals surface area contributed by atoms with Crippen molar-refractivity contribution in [2.75, 3.05) is 20.1 Å². The first kappa shape index (κ1) is 18.5. The van der Waals surface area contributed by atoms with E-state index in [1.807, 2.05) is 24.3 Å². The molecule has 0 bridgehead atoms. The fraction of sp³-hybridized carbons (Fsp3) is 0.478. The van der Waals surface area contributed by atoms with Crippen molar-refractivity contribution < 1.29 is 19.8 Å². The van der Waals surface area contributed by atoms with Crippen LogP contribution < -0.4 is 0 Å². The topological polar surface area (TPSA) is 60.7 Å². The largest absolute Gasteiger partial charge is 0.508 e. The molecule has 144 valence electrons. The van der Waals surface area contributed by atoms with Gasteiger partial charge in [0.25, 0.3) is 0 Å². The molecule has 4 rings (SSSR count). The summed E-state index contributed by atoms with van der Waals surface area (Å²) in [4.78, 5) is 0. The molecule has 4 nitrogen and oxygen atoms in total. The van der Waals surface area contributed by atoms with E-state index in [-0.39, 0.29) is 19.0 Å². The predicted octanol–water partition coefficient (Wildman–Crippen LogP) is 3.07. The van der Waals surface area contributed by atoms with Crippen molar-refractivity contribution in [1.29, 1.82) is 0 Å². The van der Waals surface area contributed by atoms with E-state index in [0.29, 0.717) is 11.6 Å². The van der Waals surface area contributed by atoms with Gasteiger partial charge in [-0.2, -0.15) is 0 Å². The van der Waals surface area contributed by atoms with Gasteiger partial charge in [0.1, 0.15) is 11.8 Å². The van der Waals surface area contributed by atoms with Gasteiger partial charge in [0.05, 0.1) is 33.4 Å².